The van der Waals surface area contributed by atoms with Crippen LogP contribution in [0.5, 0.6) is 0 Å². The zero-order valence-corrected chi connectivity index (χ0v) is 15.9. The minimum absolute atomic E-state index is 0.176. The van der Waals surface area contributed by atoms with Crippen LogP contribution in [-0.2, 0) is 10.0 Å². The molecule has 3 aromatic rings. The van der Waals surface area contributed by atoms with Crippen molar-refractivity contribution in [2.24, 2.45) is 0 Å². The molecule has 1 amide bonds. The second kappa shape index (κ2) is 7.63. The maximum absolute atomic E-state index is 12.5. The smallest absolute Gasteiger partial charge is 0.261 e. The van der Waals surface area contributed by atoms with Gasteiger partial charge in [0.05, 0.1) is 10.6 Å². The van der Waals surface area contributed by atoms with Gasteiger partial charge in [-0.3, -0.25) is 9.52 Å². The van der Waals surface area contributed by atoms with Crippen LogP contribution >= 0.6 is 0 Å². The van der Waals surface area contributed by atoms with E-state index in [1.807, 2.05) is 26.0 Å². The van der Waals surface area contributed by atoms with E-state index >= 15 is 0 Å². The molecule has 0 atom stereocenters. The monoisotopic (exact) mass is 380 g/mol. The molecule has 0 spiro atoms. The quantitative estimate of drug-likeness (QED) is 0.691. The Labute approximate surface area is 159 Å². The molecule has 6 heteroatoms. The van der Waals surface area contributed by atoms with Gasteiger partial charge in [-0.1, -0.05) is 42.0 Å². The Hall–Kier alpha value is -3.12. The summed E-state index contributed by atoms with van der Waals surface area (Å²) < 4.78 is 27.4. The Balaban J connectivity index is 1.79. The molecule has 0 bridgehead atoms. The van der Waals surface area contributed by atoms with Gasteiger partial charge in [0.15, 0.2) is 0 Å². The van der Waals surface area contributed by atoms with E-state index in [9.17, 15) is 13.2 Å². The second-order valence-corrected chi connectivity index (χ2v) is 7.95. The van der Waals surface area contributed by atoms with E-state index < -0.39 is 10.0 Å². The van der Waals surface area contributed by atoms with Gasteiger partial charge in [-0.25, -0.2) is 8.42 Å². The number of benzene rings is 3. The SMILES string of the molecule is Cc1ccc(C(=O)Nc2cccc(NS(=O)(=O)c3ccccc3)c2)c(C)c1. The van der Waals surface area contributed by atoms with Crippen molar-refractivity contribution in [1.82, 2.24) is 0 Å². The summed E-state index contributed by atoms with van der Waals surface area (Å²) in [5.74, 6) is -0.240. The van der Waals surface area contributed by atoms with Crippen molar-refractivity contribution in [2.75, 3.05) is 10.0 Å². The number of carbonyl (C=O) groups excluding carboxylic acids is 1. The predicted molar refractivity (Wildman–Crippen MR) is 108 cm³/mol. The van der Waals surface area contributed by atoms with E-state index in [0.29, 0.717) is 16.9 Å². The van der Waals surface area contributed by atoms with Crippen molar-refractivity contribution in [1.29, 1.82) is 0 Å². The first-order valence-corrected chi connectivity index (χ1v) is 9.90. The van der Waals surface area contributed by atoms with Crippen LogP contribution in [0.15, 0.2) is 77.7 Å². The average molecular weight is 380 g/mol. The van der Waals surface area contributed by atoms with Gasteiger partial charge < -0.3 is 5.32 Å². The van der Waals surface area contributed by atoms with Crippen molar-refractivity contribution in [3.05, 3.63) is 89.5 Å². The molecule has 0 radical (unpaired) electrons. The largest absolute Gasteiger partial charge is 0.322 e. The summed E-state index contributed by atoms with van der Waals surface area (Å²) in [6.45, 7) is 3.85. The number of rotatable bonds is 5. The fourth-order valence-corrected chi connectivity index (χ4v) is 3.81. The van der Waals surface area contributed by atoms with Crippen molar-refractivity contribution < 1.29 is 13.2 Å². The molecule has 138 valence electrons. The lowest BCUT2D eigenvalue weighted by Crippen LogP contribution is -2.15. The van der Waals surface area contributed by atoms with Gasteiger partial charge in [-0.2, -0.15) is 0 Å². The fourth-order valence-electron chi connectivity index (χ4n) is 2.74. The third-order valence-corrected chi connectivity index (χ3v) is 5.45. The van der Waals surface area contributed by atoms with Gasteiger partial charge >= 0.3 is 0 Å². The molecule has 0 unspecified atom stereocenters. The number of sulfonamides is 1. The topological polar surface area (TPSA) is 75.3 Å². The third kappa shape index (κ3) is 4.54. The summed E-state index contributed by atoms with van der Waals surface area (Å²) >= 11 is 0. The number of aryl methyl sites for hydroxylation is 2. The minimum Gasteiger partial charge on any atom is -0.322 e. The first kappa shape index (κ1) is 18.7. The molecule has 2 N–H and O–H groups in total. The summed E-state index contributed by atoms with van der Waals surface area (Å²) in [6.07, 6.45) is 0. The lowest BCUT2D eigenvalue weighted by atomic mass is 10.1. The fraction of sp³-hybridized carbons (Fsp3) is 0.0952. The molecule has 0 heterocycles. The Morgan fingerprint density at radius 2 is 1.52 bits per heavy atom. The molecule has 0 aliphatic heterocycles. The summed E-state index contributed by atoms with van der Waals surface area (Å²) in [4.78, 5) is 12.7. The molecule has 27 heavy (non-hydrogen) atoms. The summed E-state index contributed by atoms with van der Waals surface area (Å²) in [5, 5.41) is 2.81. The van der Waals surface area contributed by atoms with Crippen molar-refractivity contribution in [2.45, 2.75) is 18.7 Å². The second-order valence-electron chi connectivity index (χ2n) is 6.27. The van der Waals surface area contributed by atoms with E-state index in [0.717, 1.165) is 11.1 Å². The van der Waals surface area contributed by atoms with Gasteiger partial charge in [0.25, 0.3) is 15.9 Å². The number of hydrogen-bond donors (Lipinski definition) is 2. The van der Waals surface area contributed by atoms with Gasteiger partial charge in [0, 0.05) is 11.3 Å². The Bertz CT molecular complexity index is 1080. The van der Waals surface area contributed by atoms with E-state index in [1.165, 1.54) is 12.1 Å². The highest BCUT2D eigenvalue weighted by Crippen LogP contribution is 2.20. The Kier molecular flexibility index (Phi) is 5.28. The first-order chi connectivity index (χ1) is 12.8. The van der Waals surface area contributed by atoms with E-state index in [1.54, 1.807) is 48.5 Å². The van der Waals surface area contributed by atoms with Crippen LogP contribution in [0.2, 0.25) is 0 Å². The van der Waals surface area contributed by atoms with Crippen LogP contribution in [0.1, 0.15) is 21.5 Å². The third-order valence-electron chi connectivity index (χ3n) is 4.05. The molecule has 0 saturated heterocycles. The molecule has 0 saturated carbocycles. The van der Waals surface area contributed by atoms with Crippen LogP contribution in [0.3, 0.4) is 0 Å². The molecule has 0 aliphatic rings. The van der Waals surface area contributed by atoms with Crippen molar-refractivity contribution >= 4 is 27.3 Å². The standard InChI is InChI=1S/C21H20N2O3S/c1-15-11-12-20(16(2)13-15)21(24)22-17-7-6-8-18(14-17)23-27(25,26)19-9-4-3-5-10-19/h3-14,23H,1-2H3,(H,22,24). The molecule has 0 fully saturated rings. The normalized spacial score (nSPS) is 11.0. The number of nitrogens with one attached hydrogen (secondary N) is 2. The van der Waals surface area contributed by atoms with Crippen LogP contribution in [0.4, 0.5) is 11.4 Å². The molecule has 5 nitrogen and oxygen atoms in total. The van der Waals surface area contributed by atoms with Crippen LogP contribution in [-0.4, -0.2) is 14.3 Å². The first-order valence-electron chi connectivity index (χ1n) is 8.42. The van der Waals surface area contributed by atoms with Crippen LogP contribution in [0.25, 0.3) is 0 Å². The maximum Gasteiger partial charge on any atom is 0.261 e. The van der Waals surface area contributed by atoms with Gasteiger partial charge in [0.2, 0.25) is 0 Å². The van der Waals surface area contributed by atoms with Crippen molar-refractivity contribution in [3.63, 3.8) is 0 Å². The number of anilines is 2. The molecule has 3 aromatic carbocycles. The van der Waals surface area contributed by atoms with Gasteiger partial charge in [-0.15, -0.1) is 0 Å². The lowest BCUT2D eigenvalue weighted by molar-refractivity contribution is 0.102. The Morgan fingerprint density at radius 1 is 0.815 bits per heavy atom. The van der Waals surface area contributed by atoms with E-state index in [2.05, 4.69) is 10.0 Å². The average Bonchev–Trinajstić information content (AvgIpc) is 2.62. The molecular formula is C21H20N2O3S. The highest BCUT2D eigenvalue weighted by Gasteiger charge is 2.14. The zero-order valence-electron chi connectivity index (χ0n) is 15.1. The van der Waals surface area contributed by atoms with E-state index in [4.69, 9.17) is 0 Å². The summed E-state index contributed by atoms with van der Waals surface area (Å²) in [6, 6.07) is 20.3. The molecular weight excluding hydrogens is 360 g/mol. The Morgan fingerprint density at radius 3 is 2.22 bits per heavy atom. The summed E-state index contributed by atoms with van der Waals surface area (Å²) in [5.41, 5.74) is 3.43. The molecule has 3 rings (SSSR count). The zero-order chi connectivity index (χ0) is 19.4. The van der Waals surface area contributed by atoms with Gasteiger partial charge in [-0.05, 0) is 55.8 Å². The summed E-state index contributed by atoms with van der Waals surface area (Å²) in [7, 11) is -3.68. The van der Waals surface area contributed by atoms with Crippen molar-refractivity contribution in [3.8, 4) is 0 Å². The lowest BCUT2D eigenvalue weighted by Gasteiger charge is -2.11. The number of amides is 1. The molecule has 0 aromatic heterocycles. The van der Waals surface area contributed by atoms with Crippen LogP contribution in [0, 0.1) is 13.8 Å². The van der Waals surface area contributed by atoms with E-state index in [-0.39, 0.29) is 10.8 Å². The number of hydrogen-bond acceptors (Lipinski definition) is 3. The number of carbonyl (C=O) groups is 1. The molecule has 0 aliphatic carbocycles. The highest BCUT2D eigenvalue weighted by molar-refractivity contribution is 7.92. The highest BCUT2D eigenvalue weighted by atomic mass is 32.2. The van der Waals surface area contributed by atoms with Gasteiger partial charge in [0.1, 0.15) is 0 Å². The maximum atomic E-state index is 12.5. The van der Waals surface area contributed by atoms with Crippen LogP contribution < -0.4 is 10.0 Å². The predicted octanol–water partition coefficient (Wildman–Crippen LogP) is 4.36. The minimum atomic E-state index is -3.68.